The van der Waals surface area contributed by atoms with Crippen molar-refractivity contribution in [1.82, 2.24) is 0 Å². The Balaban J connectivity index is 2.24. The topological polar surface area (TPSA) is 92.4 Å². The zero-order valence-corrected chi connectivity index (χ0v) is 11.0. The highest BCUT2D eigenvalue weighted by molar-refractivity contribution is 6.03. The maximum atomic E-state index is 13.5. The van der Waals surface area contributed by atoms with Gasteiger partial charge in [0.05, 0.1) is 11.2 Å². The van der Waals surface area contributed by atoms with Gasteiger partial charge in [-0.2, -0.15) is 0 Å². The van der Waals surface area contributed by atoms with Crippen molar-refractivity contribution in [2.75, 3.05) is 5.32 Å². The summed E-state index contributed by atoms with van der Waals surface area (Å²) in [6, 6.07) is 3.75. The van der Waals surface area contributed by atoms with Gasteiger partial charge in [-0.25, -0.2) is 9.18 Å². The predicted octanol–water partition coefficient (Wildman–Crippen LogP) is 2.12. The molecule has 6 heteroatoms. The van der Waals surface area contributed by atoms with Crippen molar-refractivity contribution in [2.45, 2.75) is 37.6 Å². The molecule has 0 radical (unpaired) electrons. The molecule has 1 amide bonds. The zero-order valence-electron chi connectivity index (χ0n) is 11.0. The summed E-state index contributed by atoms with van der Waals surface area (Å²) in [5.41, 5.74) is 4.46. The number of carbonyl (C=O) groups is 2. The number of rotatable bonds is 3. The Bertz CT molecular complexity index is 539. The van der Waals surface area contributed by atoms with Crippen molar-refractivity contribution in [3.05, 3.63) is 29.6 Å². The summed E-state index contributed by atoms with van der Waals surface area (Å²) >= 11 is 0. The number of hydrogen-bond donors (Lipinski definition) is 3. The molecule has 2 rings (SSSR count). The molecule has 0 saturated heterocycles. The monoisotopic (exact) mass is 280 g/mol. The third-order valence-corrected chi connectivity index (χ3v) is 3.67. The molecule has 4 N–H and O–H groups in total. The Morgan fingerprint density at radius 1 is 1.25 bits per heavy atom. The van der Waals surface area contributed by atoms with Gasteiger partial charge in [0.2, 0.25) is 5.91 Å². The molecular weight excluding hydrogens is 263 g/mol. The van der Waals surface area contributed by atoms with E-state index in [9.17, 15) is 14.0 Å². The molecule has 0 bridgehead atoms. The van der Waals surface area contributed by atoms with E-state index >= 15 is 0 Å². The van der Waals surface area contributed by atoms with Crippen LogP contribution in [0.2, 0.25) is 0 Å². The predicted molar refractivity (Wildman–Crippen MR) is 72.0 cm³/mol. The Labute approximate surface area is 116 Å². The molecule has 0 atom stereocenters. The van der Waals surface area contributed by atoms with Crippen LogP contribution in [-0.4, -0.2) is 22.5 Å². The number of amides is 1. The van der Waals surface area contributed by atoms with Crippen molar-refractivity contribution in [1.29, 1.82) is 0 Å². The summed E-state index contributed by atoms with van der Waals surface area (Å²) in [7, 11) is 0. The Hall–Kier alpha value is -1.95. The first-order valence-electron chi connectivity index (χ1n) is 6.56. The number of carbonyl (C=O) groups excluding carboxylic acids is 1. The van der Waals surface area contributed by atoms with Crippen LogP contribution in [0.5, 0.6) is 0 Å². The summed E-state index contributed by atoms with van der Waals surface area (Å²) in [5.74, 6) is -2.76. The summed E-state index contributed by atoms with van der Waals surface area (Å²) in [6.45, 7) is 0. The highest BCUT2D eigenvalue weighted by Gasteiger charge is 2.35. The fraction of sp³-hybridized carbons (Fsp3) is 0.429. The van der Waals surface area contributed by atoms with E-state index in [2.05, 4.69) is 5.32 Å². The molecule has 1 aromatic rings. The second kappa shape index (κ2) is 5.58. The van der Waals surface area contributed by atoms with Gasteiger partial charge >= 0.3 is 5.97 Å². The lowest BCUT2D eigenvalue weighted by atomic mass is 9.82. The SMILES string of the molecule is NC1(C(=O)Nc2cccc(F)c2C(=O)O)CCCCC1. The van der Waals surface area contributed by atoms with Gasteiger partial charge in [-0.15, -0.1) is 0 Å². The van der Waals surface area contributed by atoms with Gasteiger partial charge in [-0.3, -0.25) is 4.79 Å². The zero-order chi connectivity index (χ0) is 14.8. The second-order valence-electron chi connectivity index (χ2n) is 5.14. The van der Waals surface area contributed by atoms with Crippen LogP contribution in [0.25, 0.3) is 0 Å². The number of nitrogens with two attached hydrogens (primary N) is 1. The van der Waals surface area contributed by atoms with Crippen molar-refractivity contribution >= 4 is 17.6 Å². The van der Waals surface area contributed by atoms with E-state index < -0.39 is 28.8 Å². The number of benzene rings is 1. The van der Waals surface area contributed by atoms with E-state index in [1.165, 1.54) is 12.1 Å². The fourth-order valence-electron chi connectivity index (χ4n) is 2.50. The summed E-state index contributed by atoms with van der Waals surface area (Å²) in [5, 5.41) is 11.5. The highest BCUT2D eigenvalue weighted by Crippen LogP contribution is 2.28. The number of nitrogens with one attached hydrogen (secondary N) is 1. The molecule has 5 nitrogen and oxygen atoms in total. The quantitative estimate of drug-likeness (QED) is 0.790. The van der Waals surface area contributed by atoms with Crippen molar-refractivity contribution in [2.24, 2.45) is 5.73 Å². The van der Waals surface area contributed by atoms with E-state index in [1.54, 1.807) is 0 Å². The molecule has 1 aliphatic rings. The van der Waals surface area contributed by atoms with Crippen LogP contribution in [0.1, 0.15) is 42.5 Å². The standard InChI is InChI=1S/C14H17FN2O3/c15-9-5-4-6-10(11(9)12(18)19)17-13(20)14(16)7-2-1-3-8-14/h4-6H,1-3,7-8,16H2,(H,17,20)(H,18,19). The Morgan fingerprint density at radius 2 is 1.90 bits per heavy atom. The van der Waals surface area contributed by atoms with Gasteiger partial charge in [-0.1, -0.05) is 25.3 Å². The minimum Gasteiger partial charge on any atom is -0.478 e. The normalized spacial score (nSPS) is 17.5. The molecule has 20 heavy (non-hydrogen) atoms. The maximum absolute atomic E-state index is 13.5. The summed E-state index contributed by atoms with van der Waals surface area (Å²) in [6.07, 6.45) is 3.86. The van der Waals surface area contributed by atoms with Gasteiger partial charge in [0.1, 0.15) is 11.4 Å². The Kier molecular flexibility index (Phi) is 4.04. The molecule has 1 saturated carbocycles. The van der Waals surface area contributed by atoms with E-state index in [0.717, 1.165) is 25.3 Å². The maximum Gasteiger partial charge on any atom is 0.340 e. The molecular formula is C14H17FN2O3. The van der Waals surface area contributed by atoms with Crippen LogP contribution in [0.15, 0.2) is 18.2 Å². The first-order valence-corrected chi connectivity index (χ1v) is 6.56. The van der Waals surface area contributed by atoms with E-state index in [0.29, 0.717) is 12.8 Å². The highest BCUT2D eigenvalue weighted by atomic mass is 19.1. The number of hydrogen-bond acceptors (Lipinski definition) is 3. The number of aromatic carboxylic acids is 1. The van der Waals surface area contributed by atoms with Crippen LogP contribution >= 0.6 is 0 Å². The first kappa shape index (κ1) is 14.5. The molecule has 0 aromatic heterocycles. The lowest BCUT2D eigenvalue weighted by Gasteiger charge is -2.31. The minimum atomic E-state index is -1.42. The van der Waals surface area contributed by atoms with Crippen LogP contribution in [0.4, 0.5) is 10.1 Å². The van der Waals surface area contributed by atoms with Crippen LogP contribution in [0, 0.1) is 5.82 Å². The molecule has 108 valence electrons. The van der Waals surface area contributed by atoms with E-state index in [-0.39, 0.29) is 5.69 Å². The molecule has 1 aliphatic carbocycles. The molecule has 0 aliphatic heterocycles. The number of anilines is 1. The van der Waals surface area contributed by atoms with Gasteiger partial charge in [-0.05, 0) is 25.0 Å². The number of carboxylic acids is 1. The third kappa shape index (κ3) is 2.80. The average Bonchev–Trinajstić information content (AvgIpc) is 2.39. The lowest BCUT2D eigenvalue weighted by Crippen LogP contribution is -2.52. The van der Waals surface area contributed by atoms with Crippen molar-refractivity contribution in [3.8, 4) is 0 Å². The molecule has 1 fully saturated rings. The third-order valence-electron chi connectivity index (χ3n) is 3.67. The summed E-state index contributed by atoms with van der Waals surface area (Å²) < 4.78 is 13.5. The van der Waals surface area contributed by atoms with Crippen LogP contribution < -0.4 is 11.1 Å². The molecule has 0 spiro atoms. The van der Waals surface area contributed by atoms with Crippen LogP contribution in [-0.2, 0) is 4.79 Å². The van der Waals surface area contributed by atoms with Gasteiger partial charge in [0.25, 0.3) is 0 Å². The van der Waals surface area contributed by atoms with Gasteiger partial charge < -0.3 is 16.2 Å². The average molecular weight is 280 g/mol. The van der Waals surface area contributed by atoms with Crippen molar-refractivity contribution < 1.29 is 19.1 Å². The largest absolute Gasteiger partial charge is 0.478 e. The smallest absolute Gasteiger partial charge is 0.340 e. The first-order chi connectivity index (χ1) is 9.44. The molecule has 0 unspecified atom stereocenters. The molecule has 1 aromatic carbocycles. The van der Waals surface area contributed by atoms with Crippen LogP contribution in [0.3, 0.4) is 0 Å². The number of carboxylic acid groups (broad SMARTS) is 1. The Morgan fingerprint density at radius 3 is 2.50 bits per heavy atom. The lowest BCUT2D eigenvalue weighted by molar-refractivity contribution is -0.122. The minimum absolute atomic E-state index is 0.0575. The second-order valence-corrected chi connectivity index (χ2v) is 5.14. The van der Waals surface area contributed by atoms with E-state index in [4.69, 9.17) is 10.8 Å². The summed E-state index contributed by atoms with van der Waals surface area (Å²) in [4.78, 5) is 23.3. The molecule has 0 heterocycles. The van der Waals surface area contributed by atoms with Gasteiger partial charge in [0.15, 0.2) is 0 Å². The van der Waals surface area contributed by atoms with Crippen molar-refractivity contribution in [3.63, 3.8) is 0 Å². The number of halogens is 1. The fourth-order valence-corrected chi connectivity index (χ4v) is 2.50. The van der Waals surface area contributed by atoms with Gasteiger partial charge in [0, 0.05) is 0 Å². The van der Waals surface area contributed by atoms with E-state index in [1.807, 2.05) is 0 Å².